The van der Waals surface area contributed by atoms with Crippen LogP contribution in [0.1, 0.15) is 12.0 Å². The Labute approximate surface area is 189 Å². The Morgan fingerprint density at radius 1 is 0.931 bits per heavy atom. The predicted molar refractivity (Wildman–Crippen MR) is 118 cm³/mol. The second kappa shape index (κ2) is 12.7. The van der Waals surface area contributed by atoms with Gasteiger partial charge in [0.05, 0.1) is 29.5 Å². The van der Waals surface area contributed by atoms with Crippen LogP contribution >= 0.6 is 46.4 Å². The molecule has 0 bridgehead atoms. The van der Waals surface area contributed by atoms with Gasteiger partial charge in [0.15, 0.2) is 5.75 Å². The molecule has 2 rings (SSSR count). The summed E-state index contributed by atoms with van der Waals surface area (Å²) in [5, 5.41) is 4.40. The third-order valence-electron chi connectivity index (χ3n) is 3.45. The van der Waals surface area contributed by atoms with E-state index in [1.165, 1.54) is 13.2 Å². The van der Waals surface area contributed by atoms with E-state index in [0.29, 0.717) is 41.2 Å². The molecule has 0 N–H and O–H groups in total. The number of oxime groups is 1. The molecule has 0 aromatic heterocycles. The molecule has 0 aliphatic carbocycles. The van der Waals surface area contributed by atoms with Gasteiger partial charge < -0.3 is 19.0 Å². The first kappa shape index (κ1) is 23.5. The molecule has 29 heavy (non-hydrogen) atoms. The highest BCUT2D eigenvalue weighted by molar-refractivity contribution is 6.55. The number of rotatable bonds is 11. The third kappa shape index (κ3) is 8.62. The largest absolute Gasteiger partial charge is 0.493 e. The molecule has 2 aromatic carbocycles. The first-order valence-corrected chi connectivity index (χ1v) is 10.1. The van der Waals surface area contributed by atoms with E-state index in [2.05, 4.69) is 9.99 Å². The molecular weight excluding hydrogens is 460 g/mol. The molecule has 0 heterocycles. The number of hydrogen-bond acceptors (Lipinski definition) is 5. The van der Waals surface area contributed by atoms with Crippen LogP contribution in [0.2, 0.25) is 10.0 Å². The van der Waals surface area contributed by atoms with E-state index >= 15 is 0 Å². The first-order valence-electron chi connectivity index (χ1n) is 8.55. The van der Waals surface area contributed by atoms with Crippen molar-refractivity contribution >= 4 is 52.6 Å². The van der Waals surface area contributed by atoms with Crippen molar-refractivity contribution in [1.29, 1.82) is 0 Å². The van der Waals surface area contributed by atoms with Crippen LogP contribution in [0.5, 0.6) is 17.2 Å². The van der Waals surface area contributed by atoms with Crippen molar-refractivity contribution in [2.24, 2.45) is 5.16 Å². The minimum Gasteiger partial charge on any atom is -0.493 e. The van der Waals surface area contributed by atoms with E-state index in [1.807, 2.05) is 24.3 Å². The molecule has 0 saturated carbocycles. The maximum atomic E-state index is 6.23. The highest BCUT2D eigenvalue weighted by Crippen LogP contribution is 2.37. The molecule has 0 saturated heterocycles. The lowest BCUT2D eigenvalue weighted by Gasteiger charge is -2.12. The van der Waals surface area contributed by atoms with Crippen LogP contribution in [-0.2, 0) is 4.84 Å². The molecular formula is C20H19Cl4NO4. The van der Waals surface area contributed by atoms with Crippen LogP contribution in [0, 0.1) is 0 Å². The maximum Gasteiger partial charge on any atom is 0.156 e. The molecule has 0 amide bonds. The summed E-state index contributed by atoms with van der Waals surface area (Å²) in [6.07, 6.45) is 3.78. The number of benzene rings is 2. The highest BCUT2D eigenvalue weighted by Gasteiger charge is 2.10. The topological polar surface area (TPSA) is 49.3 Å². The molecule has 0 spiro atoms. The Morgan fingerprint density at radius 2 is 1.59 bits per heavy atom. The number of hydrogen-bond donors (Lipinski definition) is 0. The first-order chi connectivity index (χ1) is 14.0. The van der Waals surface area contributed by atoms with Crippen molar-refractivity contribution in [2.75, 3.05) is 26.9 Å². The van der Waals surface area contributed by atoms with Gasteiger partial charge in [0.25, 0.3) is 0 Å². The van der Waals surface area contributed by atoms with Gasteiger partial charge in [-0.2, -0.15) is 0 Å². The van der Waals surface area contributed by atoms with Gasteiger partial charge in [-0.25, -0.2) is 0 Å². The molecule has 5 nitrogen and oxygen atoms in total. The summed E-state index contributed by atoms with van der Waals surface area (Å²) in [5.74, 6) is 1.64. The summed E-state index contributed by atoms with van der Waals surface area (Å²) in [6.45, 7) is 1.07. The minimum atomic E-state index is 0.125. The molecule has 0 aliphatic rings. The zero-order valence-electron chi connectivity index (χ0n) is 15.5. The number of ether oxygens (including phenoxy) is 3. The Hall–Kier alpha value is -1.79. The van der Waals surface area contributed by atoms with E-state index < -0.39 is 0 Å². The maximum absolute atomic E-state index is 6.23. The lowest BCUT2D eigenvalue weighted by Crippen LogP contribution is -2.05. The van der Waals surface area contributed by atoms with Crippen molar-refractivity contribution in [3.63, 3.8) is 0 Å². The molecule has 0 atom stereocenters. The highest BCUT2D eigenvalue weighted by atomic mass is 35.5. The fourth-order valence-corrected chi connectivity index (χ4v) is 2.85. The van der Waals surface area contributed by atoms with Gasteiger partial charge in [-0.15, -0.1) is 0 Å². The normalized spacial score (nSPS) is 10.7. The summed E-state index contributed by atoms with van der Waals surface area (Å²) >= 11 is 23.5. The van der Waals surface area contributed by atoms with Crippen LogP contribution in [0.25, 0.3) is 0 Å². The molecule has 156 valence electrons. The van der Waals surface area contributed by atoms with Gasteiger partial charge in [0.1, 0.15) is 29.7 Å². The zero-order valence-corrected chi connectivity index (χ0v) is 18.6. The Balaban J connectivity index is 1.77. The molecule has 9 heteroatoms. The zero-order chi connectivity index (χ0) is 21.1. The van der Waals surface area contributed by atoms with Gasteiger partial charge in [-0.1, -0.05) is 51.6 Å². The lowest BCUT2D eigenvalue weighted by atomic mass is 10.2. The minimum absolute atomic E-state index is 0.125. The SMILES string of the molecule is CON=Cc1ccc(OCCCOc2c(Cl)cc(OCC=C(Cl)Cl)cc2Cl)cc1. The molecule has 0 radical (unpaired) electrons. The second-order valence-corrected chi connectivity index (χ2v) is 7.38. The smallest absolute Gasteiger partial charge is 0.156 e. The quantitative estimate of drug-likeness (QED) is 0.209. The van der Waals surface area contributed by atoms with E-state index in [0.717, 1.165) is 11.3 Å². The summed E-state index contributed by atoms with van der Waals surface area (Å²) < 4.78 is 16.9. The number of halogens is 4. The average Bonchev–Trinajstić information content (AvgIpc) is 2.68. The average molecular weight is 479 g/mol. The van der Waals surface area contributed by atoms with Crippen molar-refractivity contribution in [2.45, 2.75) is 6.42 Å². The summed E-state index contributed by atoms with van der Waals surface area (Å²) in [5.41, 5.74) is 0.918. The molecule has 2 aromatic rings. The Kier molecular flexibility index (Phi) is 10.3. The summed E-state index contributed by atoms with van der Waals surface area (Å²) in [7, 11) is 1.50. The van der Waals surface area contributed by atoms with Crippen LogP contribution in [-0.4, -0.2) is 33.1 Å². The molecule has 0 aliphatic heterocycles. The van der Waals surface area contributed by atoms with E-state index in [9.17, 15) is 0 Å². The van der Waals surface area contributed by atoms with Crippen LogP contribution in [0.3, 0.4) is 0 Å². The fraction of sp³-hybridized carbons (Fsp3) is 0.250. The fourth-order valence-electron chi connectivity index (χ4n) is 2.15. The van der Waals surface area contributed by atoms with Crippen LogP contribution in [0.15, 0.2) is 52.1 Å². The monoisotopic (exact) mass is 477 g/mol. The summed E-state index contributed by atoms with van der Waals surface area (Å²) in [4.78, 5) is 4.64. The van der Waals surface area contributed by atoms with Gasteiger partial charge in [0, 0.05) is 18.6 Å². The van der Waals surface area contributed by atoms with Crippen LogP contribution in [0.4, 0.5) is 0 Å². The van der Waals surface area contributed by atoms with Crippen molar-refractivity contribution in [1.82, 2.24) is 0 Å². The van der Waals surface area contributed by atoms with Gasteiger partial charge in [-0.3, -0.25) is 0 Å². The van der Waals surface area contributed by atoms with Gasteiger partial charge >= 0.3 is 0 Å². The Morgan fingerprint density at radius 3 is 2.21 bits per heavy atom. The van der Waals surface area contributed by atoms with E-state index in [1.54, 1.807) is 18.3 Å². The van der Waals surface area contributed by atoms with Gasteiger partial charge in [-0.05, 0) is 35.9 Å². The number of nitrogens with zero attached hydrogens (tertiary/aromatic N) is 1. The van der Waals surface area contributed by atoms with Crippen molar-refractivity contribution < 1.29 is 19.0 Å². The third-order valence-corrected chi connectivity index (χ3v) is 4.32. The van der Waals surface area contributed by atoms with Gasteiger partial charge in [0.2, 0.25) is 0 Å². The van der Waals surface area contributed by atoms with Crippen LogP contribution < -0.4 is 14.2 Å². The summed E-state index contributed by atoms with van der Waals surface area (Å²) in [6, 6.07) is 10.7. The van der Waals surface area contributed by atoms with Crippen molar-refractivity contribution in [3.05, 3.63) is 62.6 Å². The van der Waals surface area contributed by atoms with E-state index in [-0.39, 0.29) is 11.1 Å². The van der Waals surface area contributed by atoms with E-state index in [4.69, 9.17) is 60.6 Å². The van der Waals surface area contributed by atoms with Crippen molar-refractivity contribution in [3.8, 4) is 17.2 Å². The lowest BCUT2D eigenvalue weighted by molar-refractivity contribution is 0.215. The molecule has 0 fully saturated rings. The standard InChI is InChI=1S/C20H19Cl4NO4/c1-26-25-13-14-3-5-15(6-4-14)27-8-2-9-29-20-17(21)11-16(12-18(20)22)28-10-7-19(23)24/h3-7,11-13H,2,8-10H2,1H3. The second-order valence-electron chi connectivity index (χ2n) is 5.56. The predicted octanol–water partition coefficient (Wildman–Crippen LogP) is 6.52. The Bertz CT molecular complexity index is 814. The molecule has 0 unspecified atom stereocenters.